The van der Waals surface area contributed by atoms with Crippen LogP contribution in [0.2, 0.25) is 0 Å². The van der Waals surface area contributed by atoms with Crippen LogP contribution in [0.5, 0.6) is 0 Å². The Bertz CT molecular complexity index is 1130. The Kier molecular flexibility index (Phi) is 5.84. The number of aromatic nitrogens is 3. The smallest absolute Gasteiger partial charge is 0.233 e. The molecule has 1 aliphatic rings. The molecule has 1 aliphatic carbocycles. The minimum absolute atomic E-state index is 0.0419. The van der Waals surface area contributed by atoms with Crippen LogP contribution in [-0.4, -0.2) is 38.6 Å². The second kappa shape index (κ2) is 9.07. The van der Waals surface area contributed by atoms with Gasteiger partial charge in [-0.15, -0.1) is 0 Å². The first-order valence-corrected chi connectivity index (χ1v) is 11.2. The second-order valence-corrected chi connectivity index (χ2v) is 8.71. The zero-order chi connectivity index (χ0) is 21.8. The molecule has 5 rings (SSSR count). The number of hydrogen-bond acceptors (Lipinski definition) is 4. The van der Waals surface area contributed by atoms with E-state index in [1.165, 1.54) is 16.7 Å². The summed E-state index contributed by atoms with van der Waals surface area (Å²) in [7, 11) is 2.26. The maximum atomic E-state index is 4.40. The Hall–Kier alpha value is -3.28. The fraction of sp³-hybridized carbons (Fsp3) is 0.259. The molecule has 32 heavy (non-hydrogen) atoms. The molecule has 162 valence electrons. The van der Waals surface area contributed by atoms with Crippen molar-refractivity contribution in [2.75, 3.05) is 13.6 Å². The predicted octanol–water partition coefficient (Wildman–Crippen LogP) is 4.03. The van der Waals surface area contributed by atoms with Crippen molar-refractivity contribution in [2.24, 2.45) is 0 Å². The lowest BCUT2D eigenvalue weighted by Gasteiger charge is -2.39. The van der Waals surface area contributed by atoms with Crippen molar-refractivity contribution in [2.45, 2.75) is 31.5 Å². The highest BCUT2D eigenvalue weighted by atomic mass is 15.2. The maximum Gasteiger partial charge on any atom is 0.233 e. The predicted molar refractivity (Wildman–Crippen MR) is 128 cm³/mol. The summed E-state index contributed by atoms with van der Waals surface area (Å²) in [5.41, 5.74) is 5.48. The summed E-state index contributed by atoms with van der Waals surface area (Å²) in [6, 6.07) is 25.7. The molecule has 4 aromatic rings. The molecule has 2 aromatic heterocycles. The van der Waals surface area contributed by atoms with Crippen LogP contribution in [0.4, 0.5) is 0 Å². The zero-order valence-corrected chi connectivity index (χ0v) is 18.5. The van der Waals surface area contributed by atoms with E-state index in [9.17, 15) is 0 Å². The normalized spacial score (nSPS) is 14.6. The van der Waals surface area contributed by atoms with Crippen LogP contribution in [0.25, 0.3) is 5.95 Å². The van der Waals surface area contributed by atoms with Crippen LogP contribution in [-0.2, 0) is 25.9 Å². The number of benzene rings is 2. The topological polar surface area (TPSA) is 46.0 Å². The van der Waals surface area contributed by atoms with Gasteiger partial charge in [-0.2, -0.15) is 0 Å². The molecule has 0 aliphatic heterocycles. The number of nitrogens with zero attached hydrogens (tertiary/aromatic N) is 4. The molecule has 0 saturated carbocycles. The zero-order valence-electron chi connectivity index (χ0n) is 18.5. The molecular weight excluding hydrogens is 394 g/mol. The van der Waals surface area contributed by atoms with Gasteiger partial charge in [-0.25, -0.2) is 9.97 Å². The van der Waals surface area contributed by atoms with Gasteiger partial charge in [-0.3, -0.25) is 9.47 Å². The van der Waals surface area contributed by atoms with Gasteiger partial charge in [-0.05, 0) is 54.8 Å². The van der Waals surface area contributed by atoms with Crippen molar-refractivity contribution in [3.8, 4) is 5.95 Å². The molecule has 2 heterocycles. The molecule has 0 unspecified atom stereocenters. The van der Waals surface area contributed by atoms with Crippen LogP contribution >= 0.6 is 0 Å². The third-order valence-corrected chi connectivity index (χ3v) is 6.59. The van der Waals surface area contributed by atoms with Crippen molar-refractivity contribution in [3.63, 3.8) is 0 Å². The quantitative estimate of drug-likeness (QED) is 0.465. The average molecular weight is 424 g/mol. The lowest BCUT2D eigenvalue weighted by atomic mass is 9.92. The third-order valence-electron chi connectivity index (χ3n) is 6.59. The molecule has 0 amide bonds. The Balaban J connectivity index is 1.33. The second-order valence-electron chi connectivity index (χ2n) is 8.71. The van der Waals surface area contributed by atoms with Gasteiger partial charge in [0.2, 0.25) is 5.95 Å². The first-order chi connectivity index (χ1) is 15.7. The summed E-state index contributed by atoms with van der Waals surface area (Å²) in [5, 5.41) is 3.76. The van der Waals surface area contributed by atoms with Crippen molar-refractivity contribution >= 4 is 0 Å². The van der Waals surface area contributed by atoms with E-state index in [-0.39, 0.29) is 5.54 Å². The van der Waals surface area contributed by atoms with Gasteiger partial charge in [0.15, 0.2) is 0 Å². The highest BCUT2D eigenvalue weighted by molar-refractivity contribution is 5.37. The fourth-order valence-corrected chi connectivity index (χ4v) is 4.82. The lowest BCUT2D eigenvalue weighted by molar-refractivity contribution is 0.117. The largest absolute Gasteiger partial charge is 0.309 e. The first kappa shape index (κ1) is 20.6. The van der Waals surface area contributed by atoms with Gasteiger partial charge in [-0.1, -0.05) is 54.6 Å². The van der Waals surface area contributed by atoms with E-state index in [1.54, 1.807) is 12.4 Å². The minimum atomic E-state index is 0.0419. The summed E-state index contributed by atoms with van der Waals surface area (Å²) >= 11 is 0. The van der Waals surface area contributed by atoms with Crippen molar-refractivity contribution in [1.82, 2.24) is 24.8 Å². The fourth-order valence-electron chi connectivity index (χ4n) is 4.82. The van der Waals surface area contributed by atoms with Gasteiger partial charge < -0.3 is 5.32 Å². The van der Waals surface area contributed by atoms with Gasteiger partial charge in [0.05, 0.1) is 0 Å². The summed E-state index contributed by atoms with van der Waals surface area (Å²) < 4.78 is 2.05. The molecule has 0 radical (unpaired) electrons. The van der Waals surface area contributed by atoms with Crippen LogP contribution in [0, 0.1) is 0 Å². The Morgan fingerprint density at radius 3 is 2.28 bits per heavy atom. The highest BCUT2D eigenvalue weighted by Gasteiger charge is 2.40. The van der Waals surface area contributed by atoms with Gasteiger partial charge in [0.25, 0.3) is 0 Å². The molecule has 5 nitrogen and oxygen atoms in total. The van der Waals surface area contributed by atoms with Crippen molar-refractivity contribution < 1.29 is 0 Å². The molecule has 0 saturated heterocycles. The molecule has 1 N–H and O–H groups in total. The summed E-state index contributed by atoms with van der Waals surface area (Å²) in [6.07, 6.45) is 7.70. The minimum Gasteiger partial charge on any atom is -0.309 e. The van der Waals surface area contributed by atoms with E-state index in [0.717, 1.165) is 38.2 Å². The van der Waals surface area contributed by atoms with Crippen molar-refractivity contribution in [1.29, 1.82) is 0 Å². The van der Waals surface area contributed by atoms with E-state index >= 15 is 0 Å². The van der Waals surface area contributed by atoms with Crippen LogP contribution in [0.1, 0.15) is 22.4 Å². The summed E-state index contributed by atoms with van der Waals surface area (Å²) in [4.78, 5) is 11.3. The number of rotatable bonds is 8. The van der Waals surface area contributed by atoms with E-state index in [1.807, 2.05) is 12.3 Å². The summed E-state index contributed by atoms with van der Waals surface area (Å²) in [5.74, 6) is 0.707. The Morgan fingerprint density at radius 2 is 1.56 bits per heavy atom. The Labute approximate surface area is 189 Å². The number of fused-ring (bicyclic) bond motifs is 1. The monoisotopic (exact) mass is 423 g/mol. The Morgan fingerprint density at radius 1 is 0.875 bits per heavy atom. The standard InChI is InChI=1S/C27H29N5/c1-31(20-22-9-3-2-4-10-22)27(17-23-11-5-6-12-24(23)18-27)21-28-19-25-13-7-16-32(25)26-29-14-8-15-30-26/h2-16,28H,17-21H2,1H3. The van der Waals surface area contributed by atoms with E-state index in [0.29, 0.717) is 5.95 Å². The number of nitrogens with one attached hydrogen (secondary N) is 1. The van der Waals surface area contributed by atoms with E-state index < -0.39 is 0 Å². The third kappa shape index (κ3) is 4.22. The molecule has 0 fully saturated rings. The molecule has 0 atom stereocenters. The molecule has 5 heteroatoms. The molecule has 0 bridgehead atoms. The van der Waals surface area contributed by atoms with Crippen LogP contribution < -0.4 is 5.32 Å². The molecule has 2 aromatic carbocycles. The molecule has 0 spiro atoms. The highest BCUT2D eigenvalue weighted by Crippen LogP contribution is 2.34. The van der Waals surface area contributed by atoms with Gasteiger partial charge >= 0.3 is 0 Å². The lowest BCUT2D eigenvalue weighted by Crippen LogP contribution is -2.53. The van der Waals surface area contributed by atoms with Crippen LogP contribution in [0.3, 0.4) is 0 Å². The number of hydrogen-bond donors (Lipinski definition) is 1. The van der Waals surface area contributed by atoms with E-state index in [2.05, 4.69) is 98.5 Å². The molecular formula is C27H29N5. The summed E-state index contributed by atoms with van der Waals surface area (Å²) in [6.45, 7) is 2.61. The van der Waals surface area contributed by atoms with Crippen molar-refractivity contribution in [3.05, 3.63) is 114 Å². The van der Waals surface area contributed by atoms with Gasteiger partial charge in [0, 0.05) is 49.5 Å². The van der Waals surface area contributed by atoms with Gasteiger partial charge in [0.1, 0.15) is 0 Å². The SMILES string of the molecule is CN(Cc1ccccc1)C1(CNCc2cccn2-c2ncccn2)Cc2ccccc2C1. The maximum absolute atomic E-state index is 4.40. The van der Waals surface area contributed by atoms with E-state index in [4.69, 9.17) is 0 Å². The number of likely N-dealkylation sites (N-methyl/N-ethyl adjacent to an activating group) is 1. The first-order valence-electron chi connectivity index (χ1n) is 11.2. The average Bonchev–Trinajstić information content (AvgIpc) is 3.45. The van der Waals surface area contributed by atoms with Crippen LogP contribution in [0.15, 0.2) is 91.4 Å².